The molecule has 0 aromatic rings. The number of hydrogen-bond donors (Lipinski definition) is 2. The number of rotatable bonds is 0. The van der Waals surface area contributed by atoms with Gasteiger partial charge in [0.1, 0.15) is 0 Å². The third-order valence-corrected chi connectivity index (χ3v) is 1.99. The highest BCUT2D eigenvalue weighted by Gasteiger charge is 2.27. The normalized spacial score (nSPS) is 45.0. The first-order valence-electron chi connectivity index (χ1n) is 3.58. The highest BCUT2D eigenvalue weighted by atomic mass is 16.3. The lowest BCUT2D eigenvalue weighted by Gasteiger charge is -2.31. The fourth-order valence-corrected chi connectivity index (χ4v) is 1.51. The Hall–Kier alpha value is -0.0800. The molecular weight excluding hydrogens is 114 g/mol. The average molecular weight is 129 g/mol. The summed E-state index contributed by atoms with van der Waals surface area (Å²) < 4.78 is 0. The Balaban J connectivity index is 2.41. The fourth-order valence-electron chi connectivity index (χ4n) is 1.51. The molecular formula is C7H15NO. The van der Waals surface area contributed by atoms with Crippen molar-refractivity contribution in [3.63, 3.8) is 0 Å². The Morgan fingerprint density at radius 1 is 1.67 bits per heavy atom. The van der Waals surface area contributed by atoms with Gasteiger partial charge in [-0.25, -0.2) is 0 Å². The SMILES string of the molecule is C[C@]1(O)CCC[C@@H](N)C1. The van der Waals surface area contributed by atoms with Crippen molar-refractivity contribution in [3.8, 4) is 0 Å². The summed E-state index contributed by atoms with van der Waals surface area (Å²) in [6, 6.07) is 0.230. The molecule has 1 fully saturated rings. The predicted octanol–water partition coefficient (Wildman–Crippen LogP) is 0.639. The van der Waals surface area contributed by atoms with Crippen molar-refractivity contribution in [2.24, 2.45) is 5.73 Å². The summed E-state index contributed by atoms with van der Waals surface area (Å²) >= 11 is 0. The third kappa shape index (κ3) is 1.95. The van der Waals surface area contributed by atoms with Gasteiger partial charge in [-0.15, -0.1) is 0 Å². The highest BCUT2D eigenvalue weighted by Crippen LogP contribution is 2.26. The van der Waals surface area contributed by atoms with Crippen molar-refractivity contribution < 1.29 is 5.11 Å². The van der Waals surface area contributed by atoms with Gasteiger partial charge in [0, 0.05) is 6.04 Å². The Morgan fingerprint density at radius 3 is 2.67 bits per heavy atom. The Labute approximate surface area is 56.1 Å². The maximum absolute atomic E-state index is 9.46. The van der Waals surface area contributed by atoms with Gasteiger partial charge >= 0.3 is 0 Å². The minimum absolute atomic E-state index is 0.230. The molecule has 0 bridgehead atoms. The van der Waals surface area contributed by atoms with Crippen molar-refractivity contribution in [2.45, 2.75) is 44.2 Å². The van der Waals surface area contributed by atoms with Gasteiger partial charge in [-0.3, -0.25) is 0 Å². The number of nitrogens with two attached hydrogens (primary N) is 1. The smallest absolute Gasteiger partial charge is 0.0634 e. The van der Waals surface area contributed by atoms with E-state index in [1.165, 1.54) is 0 Å². The monoisotopic (exact) mass is 129 g/mol. The summed E-state index contributed by atoms with van der Waals surface area (Å²) in [4.78, 5) is 0. The first-order valence-corrected chi connectivity index (χ1v) is 3.58. The van der Waals surface area contributed by atoms with Crippen LogP contribution >= 0.6 is 0 Å². The van der Waals surface area contributed by atoms with Gasteiger partial charge in [0.15, 0.2) is 0 Å². The van der Waals surface area contributed by atoms with Crippen molar-refractivity contribution in [3.05, 3.63) is 0 Å². The summed E-state index contributed by atoms with van der Waals surface area (Å²) in [5.41, 5.74) is 5.18. The second-order valence-corrected chi connectivity index (χ2v) is 3.35. The van der Waals surface area contributed by atoms with Gasteiger partial charge < -0.3 is 10.8 Å². The summed E-state index contributed by atoms with van der Waals surface area (Å²) in [5.74, 6) is 0. The molecule has 0 unspecified atom stereocenters. The molecule has 1 aliphatic rings. The van der Waals surface area contributed by atoms with E-state index in [1.807, 2.05) is 6.92 Å². The standard InChI is InChI=1S/C7H15NO/c1-7(9)4-2-3-6(8)5-7/h6,9H,2-5,8H2,1H3/t6-,7+/m1/s1. The van der Waals surface area contributed by atoms with Crippen LogP contribution in [0.3, 0.4) is 0 Å². The molecule has 3 N–H and O–H groups in total. The maximum atomic E-state index is 9.46. The second-order valence-electron chi connectivity index (χ2n) is 3.35. The molecule has 54 valence electrons. The van der Waals surface area contributed by atoms with E-state index in [0.717, 1.165) is 25.7 Å². The van der Waals surface area contributed by atoms with Gasteiger partial charge in [-0.1, -0.05) is 0 Å². The first-order chi connectivity index (χ1) is 4.10. The molecule has 1 rings (SSSR count). The minimum atomic E-state index is -0.475. The van der Waals surface area contributed by atoms with Crippen molar-refractivity contribution in [2.75, 3.05) is 0 Å². The van der Waals surface area contributed by atoms with Crippen LogP contribution < -0.4 is 5.73 Å². The Kier molecular flexibility index (Phi) is 1.78. The zero-order chi connectivity index (χ0) is 6.91. The quantitative estimate of drug-likeness (QED) is 0.504. The van der Waals surface area contributed by atoms with Gasteiger partial charge in [0.2, 0.25) is 0 Å². The summed E-state index contributed by atoms with van der Waals surface area (Å²) in [6.07, 6.45) is 3.85. The lowest BCUT2D eigenvalue weighted by molar-refractivity contribution is 0.0156. The van der Waals surface area contributed by atoms with E-state index in [2.05, 4.69) is 0 Å². The molecule has 0 heterocycles. The van der Waals surface area contributed by atoms with Crippen LogP contribution in [0.2, 0.25) is 0 Å². The lowest BCUT2D eigenvalue weighted by atomic mass is 9.84. The van der Waals surface area contributed by atoms with Crippen molar-refractivity contribution in [1.82, 2.24) is 0 Å². The van der Waals surface area contributed by atoms with E-state index in [9.17, 15) is 5.11 Å². The first kappa shape index (κ1) is 7.03. The molecule has 0 spiro atoms. The van der Waals surface area contributed by atoms with Crippen molar-refractivity contribution in [1.29, 1.82) is 0 Å². The van der Waals surface area contributed by atoms with E-state index in [1.54, 1.807) is 0 Å². The van der Waals surface area contributed by atoms with E-state index < -0.39 is 5.60 Å². The van der Waals surface area contributed by atoms with Gasteiger partial charge in [-0.05, 0) is 32.6 Å². The molecule has 1 saturated carbocycles. The van der Waals surface area contributed by atoms with Crippen LogP contribution in [0, 0.1) is 0 Å². The molecule has 0 amide bonds. The molecule has 0 aliphatic heterocycles. The van der Waals surface area contributed by atoms with Crippen LogP contribution in [0.25, 0.3) is 0 Å². The van der Waals surface area contributed by atoms with Gasteiger partial charge in [-0.2, -0.15) is 0 Å². The molecule has 2 nitrogen and oxygen atoms in total. The number of hydrogen-bond acceptors (Lipinski definition) is 2. The highest BCUT2D eigenvalue weighted by molar-refractivity contribution is 4.83. The van der Waals surface area contributed by atoms with Crippen LogP contribution in [-0.2, 0) is 0 Å². The van der Waals surface area contributed by atoms with Crippen molar-refractivity contribution >= 4 is 0 Å². The van der Waals surface area contributed by atoms with E-state index >= 15 is 0 Å². The van der Waals surface area contributed by atoms with Crippen LogP contribution in [-0.4, -0.2) is 16.7 Å². The summed E-state index contributed by atoms with van der Waals surface area (Å²) in [6.45, 7) is 1.87. The fraction of sp³-hybridized carbons (Fsp3) is 1.00. The van der Waals surface area contributed by atoms with E-state index in [0.29, 0.717) is 0 Å². The number of aliphatic hydroxyl groups is 1. The molecule has 9 heavy (non-hydrogen) atoms. The van der Waals surface area contributed by atoms with Crippen LogP contribution in [0.15, 0.2) is 0 Å². The molecule has 0 radical (unpaired) electrons. The molecule has 0 aromatic heterocycles. The minimum Gasteiger partial charge on any atom is -0.390 e. The van der Waals surface area contributed by atoms with E-state index in [-0.39, 0.29) is 6.04 Å². The van der Waals surface area contributed by atoms with Crippen LogP contribution in [0.4, 0.5) is 0 Å². The topological polar surface area (TPSA) is 46.2 Å². The molecule has 0 saturated heterocycles. The van der Waals surface area contributed by atoms with Gasteiger partial charge in [0.25, 0.3) is 0 Å². The lowest BCUT2D eigenvalue weighted by Crippen LogP contribution is -2.38. The Morgan fingerprint density at radius 2 is 2.33 bits per heavy atom. The van der Waals surface area contributed by atoms with E-state index in [4.69, 9.17) is 5.73 Å². The van der Waals surface area contributed by atoms with Gasteiger partial charge in [0.05, 0.1) is 5.60 Å². The maximum Gasteiger partial charge on any atom is 0.0634 e. The van der Waals surface area contributed by atoms with Crippen LogP contribution in [0.5, 0.6) is 0 Å². The predicted molar refractivity (Wildman–Crippen MR) is 37.1 cm³/mol. The molecule has 2 atom stereocenters. The molecule has 0 aromatic carbocycles. The Bertz CT molecular complexity index is 101. The molecule has 1 aliphatic carbocycles. The third-order valence-electron chi connectivity index (χ3n) is 1.99. The second kappa shape index (κ2) is 2.27. The zero-order valence-electron chi connectivity index (χ0n) is 5.93. The molecule has 2 heteroatoms. The average Bonchev–Trinajstić information content (AvgIpc) is 1.60. The van der Waals surface area contributed by atoms with Crippen LogP contribution in [0.1, 0.15) is 32.6 Å². The summed E-state index contributed by atoms with van der Waals surface area (Å²) in [7, 11) is 0. The summed E-state index contributed by atoms with van der Waals surface area (Å²) in [5, 5.41) is 9.46. The largest absolute Gasteiger partial charge is 0.390 e. The zero-order valence-corrected chi connectivity index (χ0v) is 5.93.